The lowest BCUT2D eigenvalue weighted by molar-refractivity contribution is -0.138. The van der Waals surface area contributed by atoms with E-state index < -0.39 is 11.9 Å². The van der Waals surface area contributed by atoms with Crippen LogP contribution in [0.1, 0.15) is 24.0 Å². The van der Waals surface area contributed by atoms with E-state index in [0.29, 0.717) is 11.1 Å². The van der Waals surface area contributed by atoms with Crippen LogP contribution in [-0.4, -0.2) is 16.9 Å². The third-order valence-electron chi connectivity index (χ3n) is 2.09. The number of nitrogens with two attached hydrogens (primary N) is 1. The Hall–Kier alpha value is -1.84. The zero-order chi connectivity index (χ0) is 10.7. The van der Waals surface area contributed by atoms with Gasteiger partial charge >= 0.3 is 5.97 Å². The molecule has 0 aromatic heterocycles. The largest absolute Gasteiger partial charge is 0.481 e. The van der Waals surface area contributed by atoms with Gasteiger partial charge in [0.05, 0.1) is 5.92 Å². The highest BCUT2D eigenvalue weighted by Gasteiger charge is 2.12. The van der Waals surface area contributed by atoms with E-state index in [-0.39, 0.29) is 5.84 Å². The van der Waals surface area contributed by atoms with E-state index in [9.17, 15) is 4.79 Å². The van der Waals surface area contributed by atoms with Gasteiger partial charge in [-0.3, -0.25) is 10.2 Å². The Morgan fingerprint density at radius 3 is 2.29 bits per heavy atom. The number of nitrogens with one attached hydrogen (secondary N) is 1. The number of benzene rings is 1. The van der Waals surface area contributed by atoms with Crippen molar-refractivity contribution in [1.82, 2.24) is 0 Å². The van der Waals surface area contributed by atoms with Crippen LogP contribution in [-0.2, 0) is 4.79 Å². The normalized spacial score (nSPS) is 12.1. The second kappa shape index (κ2) is 3.91. The zero-order valence-electron chi connectivity index (χ0n) is 7.82. The standard InChI is InChI=1S/C10H12N2O2/c1-6(10(13)14)7-2-4-8(5-3-7)9(11)12/h2-6H,1H3,(H3,11,12)(H,13,14). The third kappa shape index (κ3) is 2.10. The number of rotatable bonds is 3. The number of nitrogen functional groups attached to an aromatic ring is 1. The smallest absolute Gasteiger partial charge is 0.310 e. The Morgan fingerprint density at radius 2 is 1.93 bits per heavy atom. The number of aliphatic carboxylic acids is 1. The first-order valence-corrected chi connectivity index (χ1v) is 4.19. The molecular formula is C10H12N2O2. The highest BCUT2D eigenvalue weighted by molar-refractivity contribution is 5.95. The molecule has 0 saturated carbocycles. The van der Waals surface area contributed by atoms with Crippen LogP contribution in [0.4, 0.5) is 0 Å². The molecule has 4 nitrogen and oxygen atoms in total. The van der Waals surface area contributed by atoms with Gasteiger partial charge in [0.25, 0.3) is 0 Å². The van der Waals surface area contributed by atoms with E-state index in [4.69, 9.17) is 16.2 Å². The highest BCUT2D eigenvalue weighted by Crippen LogP contribution is 2.15. The third-order valence-corrected chi connectivity index (χ3v) is 2.09. The predicted molar refractivity (Wildman–Crippen MR) is 53.5 cm³/mol. The molecule has 1 aromatic carbocycles. The molecule has 1 rings (SSSR count). The molecule has 1 unspecified atom stereocenters. The van der Waals surface area contributed by atoms with Crippen LogP contribution in [0, 0.1) is 5.41 Å². The van der Waals surface area contributed by atoms with Gasteiger partial charge in [-0.15, -0.1) is 0 Å². The summed E-state index contributed by atoms with van der Waals surface area (Å²) < 4.78 is 0. The summed E-state index contributed by atoms with van der Waals surface area (Å²) in [5.74, 6) is -1.41. The molecular weight excluding hydrogens is 180 g/mol. The second-order valence-corrected chi connectivity index (χ2v) is 3.10. The Morgan fingerprint density at radius 1 is 1.43 bits per heavy atom. The van der Waals surface area contributed by atoms with Crippen LogP contribution in [0.25, 0.3) is 0 Å². The molecule has 0 saturated heterocycles. The average molecular weight is 192 g/mol. The molecule has 0 amide bonds. The van der Waals surface area contributed by atoms with Gasteiger partial charge in [0.1, 0.15) is 5.84 Å². The van der Waals surface area contributed by atoms with Gasteiger partial charge < -0.3 is 10.8 Å². The van der Waals surface area contributed by atoms with Crippen molar-refractivity contribution in [2.45, 2.75) is 12.8 Å². The summed E-state index contributed by atoms with van der Waals surface area (Å²) in [6, 6.07) is 6.65. The first-order chi connectivity index (χ1) is 6.52. The number of hydrogen-bond acceptors (Lipinski definition) is 2. The number of hydrogen-bond donors (Lipinski definition) is 3. The van der Waals surface area contributed by atoms with E-state index in [0.717, 1.165) is 0 Å². The Balaban J connectivity index is 2.94. The summed E-state index contributed by atoms with van der Waals surface area (Å²) in [5.41, 5.74) is 6.58. The lowest BCUT2D eigenvalue weighted by atomic mass is 10.00. The molecule has 1 atom stereocenters. The molecule has 1 aromatic rings. The van der Waals surface area contributed by atoms with Gasteiger partial charge in [-0.2, -0.15) is 0 Å². The van der Waals surface area contributed by atoms with Gasteiger partial charge in [-0.05, 0) is 12.5 Å². The molecule has 0 bridgehead atoms. The van der Waals surface area contributed by atoms with Crippen molar-refractivity contribution in [3.05, 3.63) is 35.4 Å². The lowest BCUT2D eigenvalue weighted by Crippen LogP contribution is -2.12. The zero-order valence-corrected chi connectivity index (χ0v) is 7.82. The van der Waals surface area contributed by atoms with Crippen LogP contribution < -0.4 is 5.73 Å². The van der Waals surface area contributed by atoms with E-state index in [1.807, 2.05) is 0 Å². The van der Waals surface area contributed by atoms with Crippen LogP contribution in [0.5, 0.6) is 0 Å². The maximum atomic E-state index is 10.7. The van der Waals surface area contributed by atoms with Gasteiger partial charge in [0.2, 0.25) is 0 Å². The van der Waals surface area contributed by atoms with Gasteiger partial charge in [0.15, 0.2) is 0 Å². The van der Waals surface area contributed by atoms with Crippen molar-refractivity contribution in [2.75, 3.05) is 0 Å². The predicted octanol–water partition coefficient (Wildman–Crippen LogP) is 1.16. The van der Waals surface area contributed by atoms with Crippen molar-refractivity contribution >= 4 is 11.8 Å². The average Bonchev–Trinajstić information content (AvgIpc) is 2.16. The molecule has 0 fully saturated rings. The molecule has 4 N–H and O–H groups in total. The molecule has 0 radical (unpaired) electrons. The SMILES string of the molecule is CC(C(=O)O)c1ccc(C(=N)N)cc1. The fraction of sp³-hybridized carbons (Fsp3) is 0.200. The monoisotopic (exact) mass is 192 g/mol. The first-order valence-electron chi connectivity index (χ1n) is 4.19. The summed E-state index contributed by atoms with van der Waals surface area (Å²) in [6.45, 7) is 1.62. The quantitative estimate of drug-likeness (QED) is 0.496. The van der Waals surface area contributed by atoms with Crippen molar-refractivity contribution in [3.8, 4) is 0 Å². The van der Waals surface area contributed by atoms with E-state index in [1.54, 1.807) is 31.2 Å². The van der Waals surface area contributed by atoms with E-state index in [2.05, 4.69) is 0 Å². The van der Waals surface area contributed by atoms with Crippen LogP contribution in [0.3, 0.4) is 0 Å². The fourth-order valence-corrected chi connectivity index (χ4v) is 1.09. The number of carboxylic acid groups (broad SMARTS) is 1. The Labute approximate surface area is 81.9 Å². The molecule has 0 spiro atoms. The highest BCUT2D eigenvalue weighted by atomic mass is 16.4. The fourth-order valence-electron chi connectivity index (χ4n) is 1.09. The Kier molecular flexibility index (Phi) is 2.86. The number of carboxylic acids is 1. The van der Waals surface area contributed by atoms with Crippen molar-refractivity contribution in [2.24, 2.45) is 5.73 Å². The van der Waals surface area contributed by atoms with Crippen molar-refractivity contribution in [3.63, 3.8) is 0 Å². The minimum atomic E-state index is -0.861. The minimum Gasteiger partial charge on any atom is -0.481 e. The van der Waals surface area contributed by atoms with Crippen LogP contribution in [0.15, 0.2) is 24.3 Å². The second-order valence-electron chi connectivity index (χ2n) is 3.10. The van der Waals surface area contributed by atoms with Crippen molar-refractivity contribution < 1.29 is 9.90 Å². The molecule has 4 heteroatoms. The van der Waals surface area contributed by atoms with Gasteiger partial charge in [-0.25, -0.2) is 0 Å². The summed E-state index contributed by atoms with van der Waals surface area (Å²) in [5, 5.41) is 15.9. The Bertz CT molecular complexity index is 357. The molecule has 0 aliphatic carbocycles. The lowest BCUT2D eigenvalue weighted by Gasteiger charge is -2.06. The molecule has 0 aliphatic rings. The van der Waals surface area contributed by atoms with Gasteiger partial charge in [0, 0.05) is 5.56 Å². The maximum Gasteiger partial charge on any atom is 0.310 e. The summed E-state index contributed by atoms with van der Waals surface area (Å²) in [7, 11) is 0. The summed E-state index contributed by atoms with van der Waals surface area (Å²) >= 11 is 0. The topological polar surface area (TPSA) is 87.2 Å². The minimum absolute atomic E-state index is 0.0143. The van der Waals surface area contributed by atoms with Gasteiger partial charge in [-0.1, -0.05) is 24.3 Å². The van der Waals surface area contributed by atoms with E-state index in [1.165, 1.54) is 0 Å². The summed E-state index contributed by atoms with van der Waals surface area (Å²) in [4.78, 5) is 10.7. The first kappa shape index (κ1) is 10.2. The molecule has 0 aliphatic heterocycles. The summed E-state index contributed by atoms with van der Waals surface area (Å²) in [6.07, 6.45) is 0. The molecule has 0 heterocycles. The van der Waals surface area contributed by atoms with Crippen molar-refractivity contribution in [1.29, 1.82) is 5.41 Å². The van der Waals surface area contributed by atoms with E-state index >= 15 is 0 Å². The maximum absolute atomic E-state index is 10.7. The molecule has 74 valence electrons. The number of carbonyl (C=O) groups is 1. The van der Waals surface area contributed by atoms with Crippen LogP contribution in [0.2, 0.25) is 0 Å². The number of amidine groups is 1. The molecule has 14 heavy (non-hydrogen) atoms. The van der Waals surface area contributed by atoms with Crippen LogP contribution >= 0.6 is 0 Å².